The minimum absolute atomic E-state index is 0.179. The van der Waals surface area contributed by atoms with Crippen molar-refractivity contribution in [2.75, 3.05) is 47.5 Å². The monoisotopic (exact) mass is 1140 g/mol. The van der Waals surface area contributed by atoms with Crippen molar-refractivity contribution in [1.82, 2.24) is 0 Å². The lowest BCUT2D eigenvalue weighted by molar-refractivity contribution is -0.870. The first kappa shape index (κ1) is 78.0. The summed E-state index contributed by atoms with van der Waals surface area (Å²) in [7, 11) is 5.98. The highest BCUT2D eigenvalue weighted by Crippen LogP contribution is 2.18. The first-order valence-electron chi connectivity index (χ1n) is 34.5. The fraction of sp³-hybridized carbons (Fsp3) is 0.819. The Morgan fingerprint density at radius 2 is 0.704 bits per heavy atom. The van der Waals surface area contributed by atoms with Gasteiger partial charge in [-0.3, -0.25) is 9.59 Å². The largest absolute Gasteiger partial charge is 0.477 e. The van der Waals surface area contributed by atoms with Crippen LogP contribution in [0, 0.1) is 0 Å². The van der Waals surface area contributed by atoms with E-state index in [1.165, 1.54) is 231 Å². The molecule has 0 fully saturated rings. The quantitative estimate of drug-likeness (QED) is 0.0211. The van der Waals surface area contributed by atoms with Crippen LogP contribution in [0.5, 0.6) is 0 Å². The molecular weight excluding hydrogens is 1010 g/mol. The van der Waals surface area contributed by atoms with Crippen molar-refractivity contribution in [2.24, 2.45) is 0 Å². The van der Waals surface area contributed by atoms with Crippen LogP contribution in [-0.2, 0) is 33.3 Å². The molecular formula is C72H132NO8+. The number of aliphatic carboxylic acids is 1. The van der Waals surface area contributed by atoms with Crippen LogP contribution >= 0.6 is 0 Å². The van der Waals surface area contributed by atoms with Crippen molar-refractivity contribution in [3.63, 3.8) is 0 Å². The molecule has 81 heavy (non-hydrogen) atoms. The number of carboxylic acids is 1. The van der Waals surface area contributed by atoms with E-state index < -0.39 is 18.4 Å². The molecule has 2 unspecified atom stereocenters. The van der Waals surface area contributed by atoms with Gasteiger partial charge >= 0.3 is 17.9 Å². The number of quaternary nitrogens is 1. The van der Waals surface area contributed by atoms with Gasteiger partial charge in [-0.15, -0.1) is 0 Å². The molecule has 0 aliphatic carbocycles. The maximum Gasteiger partial charge on any atom is 0.361 e. The number of ether oxygens (including phenoxy) is 4. The number of nitrogens with zero attached hydrogens (tertiary/aromatic N) is 1. The lowest BCUT2D eigenvalue weighted by atomic mass is 10.0. The van der Waals surface area contributed by atoms with E-state index in [-0.39, 0.29) is 38.2 Å². The Hall–Kier alpha value is -3.01. The Labute approximate surface area is 501 Å². The fourth-order valence-corrected chi connectivity index (χ4v) is 10.0. The molecule has 472 valence electrons. The Morgan fingerprint density at radius 1 is 0.383 bits per heavy atom. The summed E-state index contributed by atoms with van der Waals surface area (Å²) in [5.74, 6) is -1.99. The first-order valence-corrected chi connectivity index (χ1v) is 34.5. The van der Waals surface area contributed by atoms with Gasteiger partial charge in [0.15, 0.2) is 6.10 Å². The highest BCUT2D eigenvalue weighted by molar-refractivity contribution is 5.71. The number of likely N-dealkylation sites (N-methyl/N-ethyl adjacent to an activating group) is 1. The summed E-state index contributed by atoms with van der Waals surface area (Å²) in [6, 6.07) is 0. The van der Waals surface area contributed by atoms with Gasteiger partial charge in [-0.05, 0) is 77.0 Å². The van der Waals surface area contributed by atoms with E-state index in [1.807, 2.05) is 21.1 Å². The zero-order valence-corrected chi connectivity index (χ0v) is 53.9. The number of esters is 2. The van der Waals surface area contributed by atoms with E-state index in [4.69, 9.17) is 18.9 Å². The summed E-state index contributed by atoms with van der Waals surface area (Å²) in [4.78, 5) is 37.6. The van der Waals surface area contributed by atoms with Gasteiger partial charge in [0.05, 0.1) is 34.4 Å². The predicted molar refractivity (Wildman–Crippen MR) is 346 cm³/mol. The number of allylic oxidation sites excluding steroid dienone is 10. The van der Waals surface area contributed by atoms with E-state index in [0.29, 0.717) is 17.4 Å². The maximum atomic E-state index is 12.9. The Balaban J connectivity index is 4.07. The van der Waals surface area contributed by atoms with Crippen LogP contribution in [-0.4, -0.2) is 87.4 Å². The molecule has 0 rings (SSSR count). The summed E-state index contributed by atoms with van der Waals surface area (Å²) in [6.45, 7) is 4.81. The summed E-state index contributed by atoms with van der Waals surface area (Å²) in [5, 5.41) is 9.74. The van der Waals surface area contributed by atoms with Gasteiger partial charge in [0.25, 0.3) is 6.29 Å². The van der Waals surface area contributed by atoms with Crippen LogP contribution in [0.25, 0.3) is 0 Å². The zero-order valence-electron chi connectivity index (χ0n) is 53.9. The minimum atomic E-state index is -1.51. The third-order valence-electron chi connectivity index (χ3n) is 15.3. The molecule has 0 aromatic carbocycles. The van der Waals surface area contributed by atoms with Gasteiger partial charge in [0.2, 0.25) is 0 Å². The third kappa shape index (κ3) is 64.4. The smallest absolute Gasteiger partial charge is 0.361 e. The van der Waals surface area contributed by atoms with Crippen molar-refractivity contribution in [3.05, 3.63) is 60.8 Å². The minimum Gasteiger partial charge on any atom is -0.477 e. The highest BCUT2D eigenvalue weighted by Gasteiger charge is 2.25. The SMILES string of the molecule is CC/C=C\C/C=C\C/C=C\C/C=C\CCCCCCCCCCCCCCCCCCCCCCC(=O)OC(COC(=O)CCCCCCCCCCCCC/C=C\CCCCCCCCCC)COC(OCC[N+](C)(C)C)C(=O)O. The van der Waals surface area contributed by atoms with Crippen molar-refractivity contribution in [1.29, 1.82) is 0 Å². The van der Waals surface area contributed by atoms with Crippen LogP contribution in [0.4, 0.5) is 0 Å². The molecule has 1 N–H and O–H groups in total. The summed E-state index contributed by atoms with van der Waals surface area (Å²) < 4.78 is 23.0. The van der Waals surface area contributed by atoms with Crippen molar-refractivity contribution in [2.45, 2.75) is 334 Å². The number of carbonyl (C=O) groups is 3. The van der Waals surface area contributed by atoms with E-state index in [2.05, 4.69) is 74.6 Å². The summed E-state index contributed by atoms with van der Waals surface area (Å²) >= 11 is 0. The average Bonchev–Trinajstić information content (AvgIpc) is 3.44. The molecule has 0 aromatic rings. The van der Waals surface area contributed by atoms with Crippen molar-refractivity contribution in [3.8, 4) is 0 Å². The maximum absolute atomic E-state index is 12.9. The first-order chi connectivity index (χ1) is 39.6. The number of unbranched alkanes of at least 4 members (excludes halogenated alkanes) is 39. The standard InChI is InChI=1S/C72H131NO8/c1-6-8-10-12-14-16-18-20-22-24-26-28-30-31-32-33-34-35-36-37-38-39-41-43-45-47-49-51-53-55-57-59-61-63-70(75)81-68(67-80-72(71(76)77)78-65-64-73(3,4)5)66-79-69(74)62-60-58-56-54-52-50-48-46-44-42-40-29-27-25-23-21-19-17-15-13-11-9-7-2/h8,10,14,16,20,22,25-28,68,72H,6-7,9,11-13,15,17-19,21,23-24,29-67H2,1-5H3/p+1/b10-8-,16-14-,22-20-,27-25-,28-26-. The predicted octanol–water partition coefficient (Wildman–Crippen LogP) is 21.1. The second kappa shape index (κ2) is 63.0. The third-order valence-corrected chi connectivity index (χ3v) is 15.3. The normalized spacial score (nSPS) is 13.0. The zero-order chi connectivity index (χ0) is 59.1. The lowest BCUT2D eigenvalue weighted by Crippen LogP contribution is -2.40. The van der Waals surface area contributed by atoms with Crippen LogP contribution < -0.4 is 0 Å². The van der Waals surface area contributed by atoms with E-state index in [9.17, 15) is 19.5 Å². The van der Waals surface area contributed by atoms with E-state index in [1.54, 1.807) is 0 Å². The van der Waals surface area contributed by atoms with E-state index in [0.717, 1.165) is 64.2 Å². The fourth-order valence-electron chi connectivity index (χ4n) is 10.0. The molecule has 0 saturated carbocycles. The van der Waals surface area contributed by atoms with Crippen LogP contribution in [0.15, 0.2) is 60.8 Å². The molecule has 0 saturated heterocycles. The molecule has 0 spiro atoms. The second-order valence-electron chi connectivity index (χ2n) is 24.5. The van der Waals surface area contributed by atoms with Gasteiger partial charge in [-0.1, -0.05) is 293 Å². The number of hydrogen-bond donors (Lipinski definition) is 1. The molecule has 0 heterocycles. The van der Waals surface area contributed by atoms with Crippen LogP contribution in [0.3, 0.4) is 0 Å². The highest BCUT2D eigenvalue weighted by atomic mass is 16.7. The Bertz CT molecular complexity index is 1510. The molecule has 0 amide bonds. The molecule has 0 aliphatic rings. The lowest BCUT2D eigenvalue weighted by Gasteiger charge is -2.25. The number of rotatable bonds is 64. The molecule has 0 aliphatic heterocycles. The average molecular weight is 1140 g/mol. The summed E-state index contributed by atoms with van der Waals surface area (Å²) in [6.07, 6.45) is 79.0. The number of hydrogen-bond acceptors (Lipinski definition) is 7. The topological polar surface area (TPSA) is 108 Å². The molecule has 9 heteroatoms. The Morgan fingerprint density at radius 3 is 1.06 bits per heavy atom. The van der Waals surface area contributed by atoms with Gasteiger partial charge in [-0.2, -0.15) is 0 Å². The molecule has 0 bridgehead atoms. The van der Waals surface area contributed by atoms with Crippen LogP contribution in [0.1, 0.15) is 322 Å². The second-order valence-corrected chi connectivity index (χ2v) is 24.5. The number of carboxylic acid groups (broad SMARTS) is 1. The number of carbonyl (C=O) groups excluding carboxylic acids is 2. The summed E-state index contributed by atoms with van der Waals surface area (Å²) in [5.41, 5.74) is 0. The van der Waals surface area contributed by atoms with E-state index >= 15 is 0 Å². The van der Waals surface area contributed by atoms with Gasteiger partial charge in [0.1, 0.15) is 13.2 Å². The van der Waals surface area contributed by atoms with Crippen molar-refractivity contribution >= 4 is 17.9 Å². The Kier molecular flexibility index (Phi) is 60.7. The van der Waals surface area contributed by atoms with Gasteiger partial charge < -0.3 is 28.5 Å². The van der Waals surface area contributed by atoms with Gasteiger partial charge in [0, 0.05) is 12.8 Å². The van der Waals surface area contributed by atoms with Gasteiger partial charge in [-0.25, -0.2) is 4.79 Å². The molecule has 2 atom stereocenters. The van der Waals surface area contributed by atoms with Crippen LogP contribution in [0.2, 0.25) is 0 Å². The molecule has 0 radical (unpaired) electrons. The molecule has 0 aromatic heterocycles. The van der Waals surface area contributed by atoms with Crippen molar-refractivity contribution < 1.29 is 42.9 Å². The molecule has 9 nitrogen and oxygen atoms in total.